The minimum atomic E-state index is -3.97. The summed E-state index contributed by atoms with van der Waals surface area (Å²) >= 11 is 0. The van der Waals surface area contributed by atoms with Crippen molar-refractivity contribution in [3.63, 3.8) is 0 Å². The number of sulfonamides is 1. The first-order chi connectivity index (χ1) is 15.0. The maximum Gasteiger partial charge on any atom is 0.333 e. The number of urea groups is 1. The monoisotopic (exact) mass is 440 g/mol. The Kier molecular flexibility index (Phi) is 4.44. The number of aromatic amines is 1. The number of carbonyl (C=O) groups excluding carboxylic acids is 1. The highest BCUT2D eigenvalue weighted by Gasteiger charge is 2.32. The van der Waals surface area contributed by atoms with Gasteiger partial charge in [-0.05, 0) is 98.3 Å². The Morgan fingerprint density at radius 2 is 1.65 bits per heavy atom. The van der Waals surface area contributed by atoms with Crippen LogP contribution >= 0.6 is 0 Å². The number of anilines is 1. The van der Waals surface area contributed by atoms with E-state index < -0.39 is 16.1 Å². The molecular weight excluding hydrogens is 412 g/mol. The Morgan fingerprint density at radius 1 is 0.968 bits per heavy atom. The number of piperidine rings is 1. The lowest BCUT2D eigenvalue weighted by atomic mass is 9.95. The number of nitrogens with one attached hydrogen (secondary N) is 3. The normalized spacial score (nSPS) is 23.7. The number of benzene rings is 1. The number of aromatic nitrogens is 1. The van der Waals surface area contributed by atoms with E-state index in [2.05, 4.69) is 26.0 Å². The van der Waals surface area contributed by atoms with Gasteiger partial charge in [0.25, 0.3) is 10.0 Å². The largest absolute Gasteiger partial charge is 0.348 e. The lowest BCUT2D eigenvalue weighted by Gasteiger charge is -2.26. The molecule has 3 aliphatic heterocycles. The molecule has 0 radical (unpaired) electrons. The van der Waals surface area contributed by atoms with Gasteiger partial charge in [0.05, 0.1) is 0 Å². The first kappa shape index (κ1) is 19.4. The third kappa shape index (κ3) is 3.27. The Hall–Kier alpha value is -2.32. The van der Waals surface area contributed by atoms with E-state index in [0.717, 1.165) is 87.9 Å². The predicted molar refractivity (Wildman–Crippen MR) is 118 cm³/mol. The van der Waals surface area contributed by atoms with Crippen LogP contribution in [0.4, 0.5) is 10.5 Å². The van der Waals surface area contributed by atoms with Gasteiger partial charge in [-0.25, -0.2) is 9.52 Å². The number of nitrogens with zero attached hydrogens (tertiary/aromatic N) is 1. The third-order valence-corrected chi connectivity index (χ3v) is 8.78. The molecule has 1 saturated heterocycles. The summed E-state index contributed by atoms with van der Waals surface area (Å²) in [6.45, 7) is 2.88. The predicted octanol–water partition coefficient (Wildman–Crippen LogP) is 3.20. The summed E-state index contributed by atoms with van der Waals surface area (Å²) in [6, 6.07) is 3.32. The second kappa shape index (κ2) is 7.10. The fraction of sp³-hybridized carbons (Fsp3) is 0.522. The molecule has 2 bridgehead atoms. The smallest absolute Gasteiger partial charge is 0.333 e. The van der Waals surface area contributed by atoms with Crippen molar-refractivity contribution in [2.45, 2.75) is 68.9 Å². The van der Waals surface area contributed by atoms with Crippen molar-refractivity contribution in [1.29, 1.82) is 0 Å². The fourth-order valence-electron chi connectivity index (χ4n) is 6.03. The number of hydrogen-bond donors (Lipinski definition) is 3. The number of amides is 2. The van der Waals surface area contributed by atoms with E-state index in [1.165, 1.54) is 22.3 Å². The molecule has 7 nitrogen and oxygen atoms in total. The first-order valence-electron chi connectivity index (χ1n) is 11.4. The van der Waals surface area contributed by atoms with Crippen LogP contribution in [0.3, 0.4) is 0 Å². The van der Waals surface area contributed by atoms with Crippen molar-refractivity contribution >= 4 is 21.7 Å². The molecular formula is C23H28N4O3S. The average molecular weight is 441 g/mol. The minimum Gasteiger partial charge on any atom is -0.348 e. The molecule has 8 heteroatoms. The summed E-state index contributed by atoms with van der Waals surface area (Å²) in [6.07, 6.45) is 8.19. The van der Waals surface area contributed by atoms with Gasteiger partial charge >= 0.3 is 6.03 Å². The standard InChI is InChI=1S/C23H28N4O3S/c28-23(25-22-18-5-1-3-15(18)11-16-4-2-6-19(16)22)26-31(29,30)20-12-17-13-27-9-7-14(8-10-27)21(17)24-20/h11-12,14,24H,1-10,13H2,(H2,25,26,28). The van der Waals surface area contributed by atoms with Crippen molar-refractivity contribution in [3.05, 3.63) is 45.6 Å². The maximum absolute atomic E-state index is 13.0. The Bertz CT molecular complexity index is 1140. The van der Waals surface area contributed by atoms with Crippen LogP contribution < -0.4 is 10.0 Å². The number of fused-ring (bicyclic) bond motifs is 4. The van der Waals surface area contributed by atoms with Crippen molar-refractivity contribution < 1.29 is 13.2 Å². The molecule has 3 N–H and O–H groups in total. The molecule has 0 atom stereocenters. The van der Waals surface area contributed by atoms with Crippen molar-refractivity contribution in [1.82, 2.24) is 14.6 Å². The van der Waals surface area contributed by atoms with E-state index >= 15 is 0 Å². The first-order valence-corrected chi connectivity index (χ1v) is 12.9. The maximum atomic E-state index is 13.0. The van der Waals surface area contributed by atoms with Gasteiger partial charge in [-0.3, -0.25) is 4.90 Å². The van der Waals surface area contributed by atoms with E-state index in [0.29, 0.717) is 5.92 Å². The van der Waals surface area contributed by atoms with Crippen molar-refractivity contribution in [3.8, 4) is 0 Å². The average Bonchev–Trinajstić information content (AvgIpc) is 3.45. The van der Waals surface area contributed by atoms with Gasteiger partial charge in [0.15, 0.2) is 5.03 Å². The van der Waals surface area contributed by atoms with Crippen molar-refractivity contribution in [2.24, 2.45) is 0 Å². The van der Waals surface area contributed by atoms with Crippen molar-refractivity contribution in [2.75, 3.05) is 18.4 Å². The zero-order valence-corrected chi connectivity index (χ0v) is 18.4. The van der Waals surface area contributed by atoms with Gasteiger partial charge in [0.1, 0.15) is 0 Å². The Morgan fingerprint density at radius 3 is 2.32 bits per heavy atom. The SMILES string of the molecule is O=C(Nc1c2c(cc3c1CCC3)CCC2)NS(=O)(=O)c1cc2c([nH]1)C1CCN(CC1)C2. The van der Waals surface area contributed by atoms with Crippen LogP contribution in [0, 0.1) is 0 Å². The molecule has 1 aromatic carbocycles. The zero-order valence-electron chi connectivity index (χ0n) is 17.6. The molecule has 2 aromatic rings. The second-order valence-corrected chi connectivity index (χ2v) is 11.1. The summed E-state index contributed by atoms with van der Waals surface area (Å²) in [5.41, 5.74) is 7.89. The Labute approximate surface area is 182 Å². The van der Waals surface area contributed by atoms with Crippen LogP contribution in [0.5, 0.6) is 0 Å². The topological polar surface area (TPSA) is 94.3 Å². The number of rotatable bonds is 3. The van der Waals surface area contributed by atoms with E-state index in [4.69, 9.17) is 0 Å². The molecule has 31 heavy (non-hydrogen) atoms. The number of hydrogen-bond acceptors (Lipinski definition) is 4. The van der Waals surface area contributed by atoms with Crippen LogP contribution in [0.1, 0.15) is 65.1 Å². The minimum absolute atomic E-state index is 0.0879. The van der Waals surface area contributed by atoms with Gasteiger partial charge in [-0.15, -0.1) is 0 Å². The third-order valence-electron chi connectivity index (χ3n) is 7.53. The molecule has 2 aliphatic carbocycles. The highest BCUT2D eigenvalue weighted by atomic mass is 32.2. The molecule has 164 valence electrons. The van der Waals surface area contributed by atoms with Gasteiger partial charge in [0, 0.05) is 23.8 Å². The number of aryl methyl sites for hydroxylation is 2. The molecule has 2 amide bonds. The van der Waals surface area contributed by atoms with Gasteiger partial charge < -0.3 is 10.3 Å². The molecule has 5 aliphatic rings. The van der Waals surface area contributed by atoms with E-state index in [9.17, 15) is 13.2 Å². The number of carbonyl (C=O) groups is 1. The number of H-pyrrole nitrogens is 1. The molecule has 0 unspecified atom stereocenters. The molecule has 0 spiro atoms. The quantitative estimate of drug-likeness (QED) is 0.683. The van der Waals surface area contributed by atoms with Crippen LogP contribution in [-0.4, -0.2) is 37.4 Å². The van der Waals surface area contributed by atoms with Gasteiger partial charge in [-0.2, -0.15) is 8.42 Å². The lowest BCUT2D eigenvalue weighted by Crippen LogP contribution is -2.35. The molecule has 0 saturated carbocycles. The van der Waals surface area contributed by atoms with Crippen LogP contribution in [0.15, 0.2) is 17.2 Å². The molecule has 1 fully saturated rings. The highest BCUT2D eigenvalue weighted by molar-refractivity contribution is 7.90. The van der Waals surface area contributed by atoms with E-state index in [1.807, 2.05) is 0 Å². The summed E-state index contributed by atoms with van der Waals surface area (Å²) < 4.78 is 28.2. The second-order valence-electron chi connectivity index (χ2n) is 9.42. The summed E-state index contributed by atoms with van der Waals surface area (Å²) in [5, 5.41) is 3.00. The summed E-state index contributed by atoms with van der Waals surface area (Å²) in [5.74, 6) is 0.376. The van der Waals surface area contributed by atoms with E-state index in [1.54, 1.807) is 6.07 Å². The molecule has 7 rings (SSSR count). The fourth-order valence-corrected chi connectivity index (χ4v) is 6.98. The zero-order chi connectivity index (χ0) is 21.2. The van der Waals surface area contributed by atoms with Crippen LogP contribution in [0.25, 0.3) is 0 Å². The summed E-state index contributed by atoms with van der Waals surface area (Å²) in [4.78, 5) is 18.3. The Balaban J connectivity index is 1.25. The van der Waals surface area contributed by atoms with Gasteiger partial charge in [-0.1, -0.05) is 6.07 Å². The van der Waals surface area contributed by atoms with Gasteiger partial charge in [0.2, 0.25) is 0 Å². The summed E-state index contributed by atoms with van der Waals surface area (Å²) in [7, 11) is -3.97. The molecule has 4 heterocycles. The lowest BCUT2D eigenvalue weighted by molar-refractivity contribution is 0.219. The molecule has 1 aromatic heterocycles. The van der Waals surface area contributed by atoms with E-state index in [-0.39, 0.29) is 5.03 Å². The van der Waals surface area contributed by atoms with Crippen LogP contribution in [0.2, 0.25) is 0 Å². The van der Waals surface area contributed by atoms with Crippen LogP contribution in [-0.2, 0) is 42.3 Å². The highest BCUT2D eigenvalue weighted by Crippen LogP contribution is 2.39.